The fourth-order valence-corrected chi connectivity index (χ4v) is 5.13. The zero-order valence-electron chi connectivity index (χ0n) is 14.9. The summed E-state index contributed by atoms with van der Waals surface area (Å²) in [6.07, 6.45) is 3.34. The van der Waals surface area contributed by atoms with Gasteiger partial charge < -0.3 is 15.8 Å². The number of hydrogen-bond donors (Lipinski definition) is 2. The molecule has 2 fully saturated rings. The molecule has 3 rings (SSSR count). The second-order valence-electron chi connectivity index (χ2n) is 7.08. The molecule has 0 aromatic heterocycles. The summed E-state index contributed by atoms with van der Waals surface area (Å²) >= 11 is 0. The number of nitrogens with zero attached hydrogens (tertiary/aromatic N) is 1. The first-order valence-electron chi connectivity index (χ1n) is 9.10. The summed E-state index contributed by atoms with van der Waals surface area (Å²) in [5.41, 5.74) is 6.90. The van der Waals surface area contributed by atoms with Gasteiger partial charge in [0.25, 0.3) is 0 Å². The normalized spacial score (nSPS) is 20.8. The number of nitrogens with one attached hydrogen (secondary N) is 1. The maximum absolute atomic E-state index is 12.7. The Kier molecular flexibility index (Phi) is 5.96. The second kappa shape index (κ2) is 8.04. The summed E-state index contributed by atoms with van der Waals surface area (Å²) in [6.45, 7) is 1.91. The van der Waals surface area contributed by atoms with E-state index in [4.69, 9.17) is 10.5 Å². The third-order valence-electron chi connectivity index (χ3n) is 5.21. The standard InChI is InChI=1S/C18H27N3O4S/c19-18(7-3-4-8-18)17(22)20-13-15-5-1-2-6-16(15)14-26(23,24)21-9-11-25-12-10-21/h1-2,5-6H,3-4,7-14,19H2,(H,20,22). The largest absolute Gasteiger partial charge is 0.379 e. The molecular formula is C18H27N3O4S. The van der Waals surface area contributed by atoms with Crippen LogP contribution >= 0.6 is 0 Å². The number of amides is 1. The van der Waals surface area contributed by atoms with E-state index >= 15 is 0 Å². The molecule has 1 saturated carbocycles. The van der Waals surface area contributed by atoms with Crippen molar-refractivity contribution in [2.45, 2.75) is 43.5 Å². The van der Waals surface area contributed by atoms with Crippen LogP contribution in [0.1, 0.15) is 36.8 Å². The average molecular weight is 381 g/mol. The fourth-order valence-electron chi connectivity index (χ4n) is 3.57. The number of carbonyl (C=O) groups is 1. The van der Waals surface area contributed by atoms with E-state index in [2.05, 4.69) is 5.32 Å². The molecule has 0 atom stereocenters. The first-order valence-corrected chi connectivity index (χ1v) is 10.7. The molecule has 8 heteroatoms. The SMILES string of the molecule is NC1(C(=O)NCc2ccccc2CS(=O)(=O)N2CCOCC2)CCCC1. The van der Waals surface area contributed by atoms with Gasteiger partial charge in [0.15, 0.2) is 0 Å². The summed E-state index contributed by atoms with van der Waals surface area (Å²) in [4.78, 5) is 12.4. The average Bonchev–Trinajstić information content (AvgIpc) is 3.09. The highest BCUT2D eigenvalue weighted by atomic mass is 32.2. The van der Waals surface area contributed by atoms with Gasteiger partial charge in [-0.15, -0.1) is 0 Å². The van der Waals surface area contributed by atoms with Crippen molar-refractivity contribution in [3.8, 4) is 0 Å². The molecule has 1 saturated heterocycles. The monoisotopic (exact) mass is 381 g/mol. The smallest absolute Gasteiger partial charge is 0.240 e. The minimum atomic E-state index is -3.41. The van der Waals surface area contributed by atoms with Crippen LogP contribution in [-0.2, 0) is 31.9 Å². The number of carbonyl (C=O) groups excluding carboxylic acids is 1. The molecule has 0 radical (unpaired) electrons. The van der Waals surface area contributed by atoms with Crippen LogP contribution in [0, 0.1) is 0 Å². The molecule has 7 nitrogen and oxygen atoms in total. The lowest BCUT2D eigenvalue weighted by molar-refractivity contribution is -0.126. The van der Waals surface area contributed by atoms with Gasteiger partial charge in [-0.05, 0) is 24.0 Å². The maximum atomic E-state index is 12.7. The molecule has 1 aliphatic heterocycles. The van der Waals surface area contributed by atoms with Gasteiger partial charge in [0, 0.05) is 19.6 Å². The van der Waals surface area contributed by atoms with Crippen molar-refractivity contribution in [3.05, 3.63) is 35.4 Å². The Bertz CT molecular complexity index is 739. The highest BCUT2D eigenvalue weighted by molar-refractivity contribution is 7.88. The molecule has 0 spiro atoms. The van der Waals surface area contributed by atoms with Gasteiger partial charge in [-0.3, -0.25) is 4.79 Å². The molecule has 0 unspecified atom stereocenters. The summed E-state index contributed by atoms with van der Waals surface area (Å²) < 4.78 is 32.0. The maximum Gasteiger partial charge on any atom is 0.240 e. The van der Waals surface area contributed by atoms with E-state index in [1.54, 1.807) is 6.07 Å². The first kappa shape index (κ1) is 19.3. The Labute approximate surface area is 154 Å². The zero-order valence-corrected chi connectivity index (χ0v) is 15.8. The molecule has 0 bridgehead atoms. The molecule has 1 aliphatic carbocycles. The first-order chi connectivity index (χ1) is 12.4. The molecule has 3 N–H and O–H groups in total. The highest BCUT2D eigenvalue weighted by Crippen LogP contribution is 2.27. The van der Waals surface area contributed by atoms with Crippen molar-refractivity contribution in [2.75, 3.05) is 26.3 Å². The van der Waals surface area contributed by atoms with Gasteiger partial charge in [0.05, 0.1) is 24.5 Å². The van der Waals surface area contributed by atoms with E-state index in [9.17, 15) is 13.2 Å². The van der Waals surface area contributed by atoms with Crippen LogP contribution in [0.5, 0.6) is 0 Å². The highest BCUT2D eigenvalue weighted by Gasteiger charge is 2.36. The number of rotatable bonds is 6. The van der Waals surface area contributed by atoms with E-state index in [-0.39, 0.29) is 18.2 Å². The van der Waals surface area contributed by atoms with E-state index in [1.807, 2.05) is 18.2 Å². The van der Waals surface area contributed by atoms with Crippen molar-refractivity contribution in [1.29, 1.82) is 0 Å². The topological polar surface area (TPSA) is 102 Å². The molecule has 144 valence electrons. The number of nitrogens with two attached hydrogens (primary N) is 1. The Morgan fingerprint density at radius 2 is 1.77 bits per heavy atom. The molecule has 1 aromatic rings. The minimum absolute atomic E-state index is 0.0766. The van der Waals surface area contributed by atoms with Crippen molar-refractivity contribution >= 4 is 15.9 Å². The summed E-state index contributed by atoms with van der Waals surface area (Å²) in [7, 11) is -3.41. The van der Waals surface area contributed by atoms with Gasteiger partial charge in [0.2, 0.25) is 15.9 Å². The quantitative estimate of drug-likeness (QED) is 0.757. The van der Waals surface area contributed by atoms with Crippen LogP contribution in [0.25, 0.3) is 0 Å². The predicted molar refractivity (Wildman–Crippen MR) is 98.7 cm³/mol. The molecular weight excluding hydrogens is 354 g/mol. The third-order valence-corrected chi connectivity index (χ3v) is 7.03. The molecule has 1 heterocycles. The van der Waals surface area contributed by atoms with Gasteiger partial charge in [-0.1, -0.05) is 37.1 Å². The van der Waals surface area contributed by atoms with Crippen LogP contribution in [0.4, 0.5) is 0 Å². The Hall–Kier alpha value is -1.48. The molecule has 1 amide bonds. The number of hydrogen-bond acceptors (Lipinski definition) is 5. The molecule has 1 aromatic carbocycles. The predicted octanol–water partition coefficient (Wildman–Crippen LogP) is 0.736. The number of benzene rings is 1. The van der Waals surface area contributed by atoms with Crippen LogP contribution < -0.4 is 11.1 Å². The lowest BCUT2D eigenvalue weighted by Crippen LogP contribution is -2.51. The van der Waals surface area contributed by atoms with Crippen LogP contribution in [-0.4, -0.2) is 50.5 Å². The van der Waals surface area contributed by atoms with Gasteiger partial charge in [-0.2, -0.15) is 4.31 Å². The van der Waals surface area contributed by atoms with Crippen molar-refractivity contribution in [3.63, 3.8) is 0 Å². The third kappa shape index (κ3) is 4.43. The molecule has 26 heavy (non-hydrogen) atoms. The number of sulfonamides is 1. The fraction of sp³-hybridized carbons (Fsp3) is 0.611. The second-order valence-corrected chi connectivity index (χ2v) is 9.05. The number of ether oxygens (including phenoxy) is 1. The number of morpholine rings is 1. The van der Waals surface area contributed by atoms with Gasteiger partial charge in [-0.25, -0.2) is 8.42 Å². The van der Waals surface area contributed by atoms with Crippen molar-refractivity contribution in [1.82, 2.24) is 9.62 Å². The van der Waals surface area contributed by atoms with E-state index < -0.39 is 15.6 Å². The minimum Gasteiger partial charge on any atom is -0.379 e. The van der Waals surface area contributed by atoms with E-state index in [0.29, 0.717) is 44.7 Å². The molecule has 2 aliphatic rings. The Morgan fingerprint density at radius 1 is 1.15 bits per heavy atom. The van der Waals surface area contributed by atoms with Crippen LogP contribution in [0.3, 0.4) is 0 Å². The lowest BCUT2D eigenvalue weighted by atomic mass is 9.98. The van der Waals surface area contributed by atoms with E-state index in [0.717, 1.165) is 18.4 Å². The lowest BCUT2D eigenvalue weighted by Gasteiger charge is -2.26. The van der Waals surface area contributed by atoms with Crippen LogP contribution in [0.15, 0.2) is 24.3 Å². The summed E-state index contributed by atoms with van der Waals surface area (Å²) in [5.74, 6) is -0.229. The van der Waals surface area contributed by atoms with Gasteiger partial charge in [0.1, 0.15) is 0 Å². The van der Waals surface area contributed by atoms with E-state index in [1.165, 1.54) is 4.31 Å². The van der Waals surface area contributed by atoms with Crippen LogP contribution in [0.2, 0.25) is 0 Å². The summed E-state index contributed by atoms with van der Waals surface area (Å²) in [5, 5.41) is 2.89. The summed E-state index contributed by atoms with van der Waals surface area (Å²) in [6, 6.07) is 7.31. The van der Waals surface area contributed by atoms with Crippen molar-refractivity contribution in [2.24, 2.45) is 5.73 Å². The zero-order chi connectivity index (χ0) is 18.6. The van der Waals surface area contributed by atoms with Gasteiger partial charge >= 0.3 is 0 Å². The van der Waals surface area contributed by atoms with Crippen molar-refractivity contribution < 1.29 is 17.9 Å². The Balaban J connectivity index is 1.67. The Morgan fingerprint density at radius 3 is 2.42 bits per heavy atom.